The van der Waals surface area contributed by atoms with Crippen molar-refractivity contribution in [2.45, 2.75) is 64.5 Å². The highest BCUT2D eigenvalue weighted by atomic mass is 127. The Hall–Kier alpha value is -5.66. The molecule has 60 heavy (non-hydrogen) atoms. The molecule has 0 spiro atoms. The summed E-state index contributed by atoms with van der Waals surface area (Å²) < 4.78 is 7.60. The van der Waals surface area contributed by atoms with Gasteiger partial charge in [-0.15, -0.1) is 0 Å². The van der Waals surface area contributed by atoms with Crippen molar-refractivity contribution in [1.29, 1.82) is 0 Å². The fourth-order valence-corrected chi connectivity index (χ4v) is 10.4. The van der Waals surface area contributed by atoms with Crippen LogP contribution in [0.2, 0.25) is 0 Å². The van der Waals surface area contributed by atoms with Gasteiger partial charge in [0.05, 0.1) is 5.41 Å². The van der Waals surface area contributed by atoms with E-state index in [9.17, 15) is 0 Å². The van der Waals surface area contributed by atoms with Crippen molar-refractivity contribution >= 4 is 60.7 Å². The molecule has 0 radical (unpaired) electrons. The van der Waals surface area contributed by atoms with Crippen molar-refractivity contribution in [3.63, 3.8) is 0 Å². The Bertz CT molecular complexity index is 2910. The van der Waals surface area contributed by atoms with Crippen LogP contribution >= 0.6 is 0 Å². The Balaban J connectivity index is 0.00000462. The Morgan fingerprint density at radius 2 is 0.967 bits per heavy atom. The van der Waals surface area contributed by atoms with Gasteiger partial charge in [-0.1, -0.05) is 141 Å². The monoisotopic (exact) mass is 896 g/mol. The van der Waals surface area contributed by atoms with Crippen LogP contribution in [0.25, 0.3) is 43.6 Å². The van der Waals surface area contributed by atoms with Crippen molar-refractivity contribution in [2.75, 3.05) is 18.0 Å². The first-order valence-corrected chi connectivity index (χ1v) is 21.4. The van der Waals surface area contributed by atoms with E-state index < -0.39 is 0 Å². The molecule has 4 heterocycles. The van der Waals surface area contributed by atoms with Gasteiger partial charge < -0.3 is 38.0 Å². The van der Waals surface area contributed by atoms with Crippen LogP contribution in [0.15, 0.2) is 182 Å². The van der Waals surface area contributed by atoms with Gasteiger partial charge >= 0.3 is 0 Å². The van der Waals surface area contributed by atoms with E-state index in [1.165, 1.54) is 77.5 Å². The third kappa shape index (κ3) is 6.62. The summed E-state index contributed by atoms with van der Waals surface area (Å²) >= 11 is 0. The summed E-state index contributed by atoms with van der Waals surface area (Å²) in [4.78, 5) is 2.57. The summed E-state index contributed by atoms with van der Waals surface area (Å²) in [5.41, 5.74) is 13.2. The number of aryl methyl sites for hydroxylation is 2. The molecule has 0 atom stereocenters. The molecule has 2 aromatic heterocycles. The first-order valence-electron chi connectivity index (χ1n) is 21.4. The molecule has 0 aliphatic carbocycles. The number of fused-ring (bicyclic) bond motifs is 8. The zero-order valence-corrected chi connectivity index (χ0v) is 37.3. The lowest BCUT2D eigenvalue weighted by Gasteiger charge is -2.27. The number of hydrogen-bond acceptors (Lipinski definition) is 1. The summed E-state index contributed by atoms with van der Waals surface area (Å²) in [6, 6.07) is 53.3. The quantitative estimate of drug-likeness (QED) is 0.0718. The summed E-state index contributed by atoms with van der Waals surface area (Å²) in [5.74, 6) is 0. The summed E-state index contributed by atoms with van der Waals surface area (Å²) in [7, 11) is 0. The van der Waals surface area contributed by atoms with Gasteiger partial charge in [-0.05, 0) is 62.2 Å². The predicted molar refractivity (Wildman–Crippen MR) is 251 cm³/mol. The smallest absolute Gasteiger partial charge is 0.209 e. The SMILES string of the molecule is CC1(C)C(\C=C/C=C/C=C2/N(CCCn3c4ccccc4c4ccccc43)c3ccccc3C2(C)C)=[N+](CCCn2c3ccccc3c3ccccc32)c2ccccc21.[I-]. The molecular formula is C55H53IN4. The fraction of sp³-hybridized carbons (Fsp3) is 0.218. The molecule has 4 nitrogen and oxygen atoms in total. The minimum absolute atomic E-state index is 0. The van der Waals surface area contributed by atoms with Crippen LogP contribution in [0.1, 0.15) is 51.7 Å². The average Bonchev–Trinajstić information content (AvgIpc) is 3.90. The summed E-state index contributed by atoms with van der Waals surface area (Å²) in [6.45, 7) is 13.3. The Labute approximate surface area is 371 Å². The van der Waals surface area contributed by atoms with Gasteiger partial charge in [0.25, 0.3) is 0 Å². The number of benzene rings is 6. The lowest BCUT2D eigenvalue weighted by molar-refractivity contribution is -0.438. The lowest BCUT2D eigenvalue weighted by atomic mass is 9.81. The molecule has 0 saturated carbocycles. The zero-order chi connectivity index (χ0) is 40.1. The second kappa shape index (κ2) is 16.1. The van der Waals surface area contributed by atoms with E-state index >= 15 is 0 Å². The average molecular weight is 897 g/mol. The second-order valence-electron chi connectivity index (χ2n) is 17.3. The molecular weight excluding hydrogens is 844 g/mol. The molecule has 0 saturated heterocycles. The number of rotatable bonds is 11. The first kappa shape index (κ1) is 39.8. The number of hydrogen-bond donors (Lipinski definition) is 0. The van der Waals surface area contributed by atoms with E-state index in [-0.39, 0.29) is 34.8 Å². The van der Waals surface area contributed by atoms with E-state index in [2.05, 4.69) is 222 Å². The molecule has 2 aliphatic rings. The standard InChI is InChI=1S/C55H53N4.HI/c1-54(2)44-26-12-18-32-50(44)58(38-20-36-56-46-28-14-8-22-40(46)41-23-9-15-29-47(41)56)52(54)34-6-5-7-35-53-55(3,4)45-27-13-19-33-51(45)59(53)39-21-37-57-48-30-16-10-24-42(48)43-25-11-17-31-49(43)57;/h5-19,22-35H,20-21,36-39H2,1-4H3;1H/q+1;/p-1. The maximum Gasteiger partial charge on any atom is 0.209 e. The van der Waals surface area contributed by atoms with E-state index in [4.69, 9.17) is 0 Å². The number of nitrogens with zero attached hydrogens (tertiary/aromatic N) is 4. The molecule has 300 valence electrons. The third-order valence-corrected chi connectivity index (χ3v) is 13.2. The maximum absolute atomic E-state index is 2.57. The highest BCUT2D eigenvalue weighted by molar-refractivity contribution is 6.09. The largest absolute Gasteiger partial charge is 1.00 e. The van der Waals surface area contributed by atoms with Gasteiger partial charge in [-0.2, -0.15) is 4.58 Å². The Morgan fingerprint density at radius 3 is 1.55 bits per heavy atom. The number of anilines is 1. The van der Waals surface area contributed by atoms with Gasteiger partial charge in [-0.3, -0.25) is 0 Å². The van der Waals surface area contributed by atoms with Crippen molar-refractivity contribution in [2.24, 2.45) is 0 Å². The fourth-order valence-electron chi connectivity index (χ4n) is 10.4. The molecule has 2 aliphatic heterocycles. The van der Waals surface area contributed by atoms with Crippen LogP contribution in [0, 0.1) is 0 Å². The Kier molecular flexibility index (Phi) is 10.7. The van der Waals surface area contributed by atoms with E-state index in [1.807, 2.05) is 0 Å². The topological polar surface area (TPSA) is 16.1 Å². The molecule has 5 heteroatoms. The van der Waals surface area contributed by atoms with Gasteiger partial charge in [0.1, 0.15) is 0 Å². The van der Waals surface area contributed by atoms with Crippen LogP contribution in [-0.4, -0.2) is 32.5 Å². The minimum Gasteiger partial charge on any atom is -1.00 e. The normalized spacial score (nSPS) is 16.3. The van der Waals surface area contributed by atoms with Gasteiger partial charge in [0.2, 0.25) is 5.69 Å². The third-order valence-electron chi connectivity index (χ3n) is 13.2. The second-order valence-corrected chi connectivity index (χ2v) is 17.3. The van der Waals surface area contributed by atoms with Crippen LogP contribution in [0.5, 0.6) is 0 Å². The van der Waals surface area contributed by atoms with Gasteiger partial charge in [-0.25, -0.2) is 0 Å². The van der Waals surface area contributed by atoms with Gasteiger partial charge in [0, 0.05) is 104 Å². The van der Waals surface area contributed by atoms with Crippen molar-refractivity contribution in [3.05, 3.63) is 193 Å². The molecule has 0 bridgehead atoms. The molecule has 8 aromatic rings. The highest BCUT2D eigenvalue weighted by Gasteiger charge is 2.44. The van der Waals surface area contributed by atoms with E-state index in [0.29, 0.717) is 0 Å². The van der Waals surface area contributed by atoms with Gasteiger partial charge in [0.15, 0.2) is 12.3 Å². The number of aromatic nitrogens is 2. The zero-order valence-electron chi connectivity index (χ0n) is 35.2. The molecule has 6 aromatic carbocycles. The van der Waals surface area contributed by atoms with Crippen LogP contribution in [-0.2, 0) is 23.9 Å². The van der Waals surface area contributed by atoms with Crippen molar-refractivity contribution in [3.8, 4) is 0 Å². The molecule has 0 unspecified atom stereocenters. The van der Waals surface area contributed by atoms with Crippen LogP contribution in [0.3, 0.4) is 0 Å². The molecule has 0 fully saturated rings. The lowest BCUT2D eigenvalue weighted by Crippen LogP contribution is -3.00. The molecule has 0 amide bonds. The van der Waals surface area contributed by atoms with Crippen LogP contribution in [0.4, 0.5) is 11.4 Å². The van der Waals surface area contributed by atoms with E-state index in [1.54, 1.807) is 0 Å². The van der Waals surface area contributed by atoms with Crippen LogP contribution < -0.4 is 28.9 Å². The number of para-hydroxylation sites is 6. The first-order chi connectivity index (χ1) is 28.8. The summed E-state index contributed by atoms with van der Waals surface area (Å²) in [5, 5.41) is 5.33. The van der Waals surface area contributed by atoms with Crippen molar-refractivity contribution in [1.82, 2.24) is 9.13 Å². The predicted octanol–water partition coefficient (Wildman–Crippen LogP) is 10.3. The van der Waals surface area contributed by atoms with E-state index in [0.717, 1.165) is 39.0 Å². The molecule has 0 N–H and O–H groups in total. The van der Waals surface area contributed by atoms with Crippen molar-refractivity contribution < 1.29 is 28.6 Å². The molecule has 10 rings (SSSR count). The number of halogens is 1. The highest BCUT2D eigenvalue weighted by Crippen LogP contribution is 2.48. The minimum atomic E-state index is -0.103. The summed E-state index contributed by atoms with van der Waals surface area (Å²) in [6.07, 6.45) is 13.5. The maximum atomic E-state index is 2.57. The number of allylic oxidation sites excluding steroid dienone is 6. The Morgan fingerprint density at radius 1 is 0.483 bits per heavy atom.